The fraction of sp³-hybridized carbons (Fsp3) is 0.222. The van der Waals surface area contributed by atoms with E-state index in [0.29, 0.717) is 0 Å². The summed E-state index contributed by atoms with van der Waals surface area (Å²) in [6.45, 7) is 0. The highest BCUT2D eigenvalue weighted by atomic mass is 79.9. The largest absolute Gasteiger partial charge is 0.573 e. The first-order chi connectivity index (χ1) is 8.11. The Labute approximate surface area is 107 Å². The van der Waals surface area contributed by atoms with E-state index in [2.05, 4.69) is 20.7 Å². The Hall–Kier alpha value is -1.48. The van der Waals surface area contributed by atoms with Crippen LogP contribution < -0.4 is 10.5 Å². The summed E-state index contributed by atoms with van der Waals surface area (Å²) in [5.41, 5.74) is 4.67. The summed E-state index contributed by atoms with van der Waals surface area (Å²) in [6.07, 6.45) is -6.82. The van der Waals surface area contributed by atoms with Crippen LogP contribution in [0.5, 0.6) is 5.75 Å². The zero-order valence-electron chi connectivity index (χ0n) is 8.53. The number of carboxylic acid groups (broad SMARTS) is 1. The van der Waals surface area contributed by atoms with Crippen LogP contribution in [0, 0.1) is 0 Å². The molecule has 4 N–H and O–H groups in total. The molecule has 0 bridgehead atoms. The molecule has 0 saturated heterocycles. The van der Waals surface area contributed by atoms with Gasteiger partial charge in [-0.2, -0.15) is 0 Å². The van der Waals surface area contributed by atoms with Crippen LogP contribution in [0.25, 0.3) is 0 Å². The summed E-state index contributed by atoms with van der Waals surface area (Å²) < 4.78 is 39.6. The highest BCUT2D eigenvalue weighted by Gasteiger charge is 2.32. The highest BCUT2D eigenvalue weighted by Crippen LogP contribution is 2.35. The van der Waals surface area contributed by atoms with Gasteiger partial charge in [-0.1, -0.05) is 15.9 Å². The summed E-state index contributed by atoms with van der Waals surface area (Å²) >= 11 is 2.83. The third-order valence-corrected chi connectivity index (χ3v) is 2.57. The zero-order valence-corrected chi connectivity index (χ0v) is 10.1. The maximum absolute atomic E-state index is 12.0. The van der Waals surface area contributed by atoms with E-state index in [1.807, 2.05) is 0 Å². The van der Waals surface area contributed by atoms with Gasteiger partial charge in [0.05, 0.1) is 5.69 Å². The Balaban J connectivity index is 3.16. The molecule has 100 valence electrons. The molecule has 0 heterocycles. The first-order valence-electron chi connectivity index (χ1n) is 4.37. The Morgan fingerprint density at radius 3 is 2.44 bits per heavy atom. The molecule has 18 heavy (non-hydrogen) atoms. The lowest BCUT2D eigenvalue weighted by Crippen LogP contribution is -2.18. The fourth-order valence-corrected chi connectivity index (χ4v) is 1.68. The number of aliphatic carboxylic acids is 1. The molecule has 5 nitrogen and oxygen atoms in total. The third-order valence-electron chi connectivity index (χ3n) is 1.88. The van der Waals surface area contributed by atoms with E-state index < -0.39 is 29.9 Å². The van der Waals surface area contributed by atoms with Crippen LogP contribution in [0.2, 0.25) is 0 Å². The molecule has 1 unspecified atom stereocenters. The molecule has 9 heteroatoms. The lowest BCUT2D eigenvalue weighted by Gasteiger charge is -2.15. The maximum atomic E-state index is 12.0. The lowest BCUT2D eigenvalue weighted by atomic mass is 10.1. The van der Waals surface area contributed by atoms with Crippen molar-refractivity contribution in [3.8, 4) is 5.75 Å². The Kier molecular flexibility index (Phi) is 4.07. The van der Waals surface area contributed by atoms with Crippen LogP contribution in [0.3, 0.4) is 0 Å². The van der Waals surface area contributed by atoms with Gasteiger partial charge in [-0.25, -0.2) is 4.79 Å². The summed E-state index contributed by atoms with van der Waals surface area (Å²) in [5.74, 6) is -2.24. The molecule has 0 fully saturated rings. The van der Waals surface area contributed by atoms with E-state index in [9.17, 15) is 23.1 Å². The smallest absolute Gasteiger partial charge is 0.479 e. The number of ether oxygens (including phenoxy) is 1. The van der Waals surface area contributed by atoms with Crippen molar-refractivity contribution in [3.63, 3.8) is 0 Å². The van der Waals surface area contributed by atoms with Gasteiger partial charge in [0.15, 0.2) is 11.9 Å². The average molecular weight is 330 g/mol. The van der Waals surface area contributed by atoms with Crippen molar-refractivity contribution in [1.82, 2.24) is 0 Å². The molecule has 0 spiro atoms. The van der Waals surface area contributed by atoms with Crippen molar-refractivity contribution in [2.24, 2.45) is 0 Å². The van der Waals surface area contributed by atoms with Crippen LogP contribution in [-0.2, 0) is 4.79 Å². The number of anilines is 1. The van der Waals surface area contributed by atoms with E-state index in [1.165, 1.54) is 0 Å². The van der Waals surface area contributed by atoms with E-state index in [4.69, 9.17) is 10.8 Å². The van der Waals surface area contributed by atoms with Crippen LogP contribution in [0.4, 0.5) is 18.9 Å². The zero-order chi connectivity index (χ0) is 14.1. The van der Waals surface area contributed by atoms with Gasteiger partial charge in [-0.15, -0.1) is 13.2 Å². The molecule has 0 aliphatic rings. The van der Waals surface area contributed by atoms with Gasteiger partial charge < -0.3 is 20.7 Å². The number of carbonyl (C=O) groups is 1. The van der Waals surface area contributed by atoms with Gasteiger partial charge in [-0.05, 0) is 12.1 Å². The Morgan fingerprint density at radius 2 is 2.00 bits per heavy atom. The number of carboxylic acids is 1. The van der Waals surface area contributed by atoms with Crippen molar-refractivity contribution >= 4 is 27.6 Å². The second-order valence-corrected chi connectivity index (χ2v) is 4.05. The number of nitrogen functional groups attached to an aromatic ring is 1. The predicted molar refractivity (Wildman–Crippen MR) is 57.8 cm³/mol. The Morgan fingerprint density at radius 1 is 1.44 bits per heavy atom. The minimum Gasteiger partial charge on any atom is -0.479 e. The molecule has 0 aliphatic carbocycles. The van der Waals surface area contributed by atoms with Crippen LogP contribution in [-0.4, -0.2) is 22.5 Å². The van der Waals surface area contributed by atoms with Crippen LogP contribution >= 0.6 is 15.9 Å². The summed E-state index contributed by atoms with van der Waals surface area (Å²) in [5, 5.41) is 17.9. The third kappa shape index (κ3) is 3.50. The SMILES string of the molecule is Nc1cc(C(O)C(=O)O)c(Br)cc1OC(F)(F)F. The first-order valence-corrected chi connectivity index (χ1v) is 5.16. The number of halogens is 4. The lowest BCUT2D eigenvalue weighted by molar-refractivity contribution is -0.274. The van der Waals surface area contributed by atoms with Gasteiger partial charge in [0.1, 0.15) is 0 Å². The van der Waals surface area contributed by atoms with E-state index in [-0.39, 0.29) is 10.0 Å². The summed E-state index contributed by atoms with van der Waals surface area (Å²) in [4.78, 5) is 10.6. The van der Waals surface area contributed by atoms with Gasteiger partial charge in [0.25, 0.3) is 0 Å². The fourth-order valence-electron chi connectivity index (χ4n) is 1.15. The van der Waals surface area contributed by atoms with Gasteiger partial charge in [-0.3, -0.25) is 0 Å². The number of benzene rings is 1. The van der Waals surface area contributed by atoms with Crippen molar-refractivity contribution in [2.45, 2.75) is 12.5 Å². The molecule has 1 aromatic rings. The number of hydrogen-bond acceptors (Lipinski definition) is 4. The van der Waals surface area contributed by atoms with Gasteiger partial charge in [0.2, 0.25) is 0 Å². The monoisotopic (exact) mass is 329 g/mol. The standard InChI is InChI=1S/C9H7BrF3NO4/c10-4-2-6(18-9(11,12)13)5(14)1-3(4)7(15)8(16)17/h1-2,7,15H,14H2,(H,16,17). The van der Waals surface area contributed by atoms with E-state index in [0.717, 1.165) is 12.1 Å². The minimum atomic E-state index is -4.92. The molecule has 0 radical (unpaired) electrons. The maximum Gasteiger partial charge on any atom is 0.573 e. The van der Waals surface area contributed by atoms with Crippen molar-refractivity contribution in [3.05, 3.63) is 22.2 Å². The molecule has 1 aromatic carbocycles. The van der Waals surface area contributed by atoms with Gasteiger partial charge >= 0.3 is 12.3 Å². The molecule has 1 atom stereocenters. The highest BCUT2D eigenvalue weighted by molar-refractivity contribution is 9.10. The average Bonchev–Trinajstić information content (AvgIpc) is 2.19. The molecular formula is C9H7BrF3NO4. The molecule has 1 rings (SSSR count). The number of hydrogen-bond donors (Lipinski definition) is 3. The Bertz CT molecular complexity index is 478. The van der Waals surface area contributed by atoms with Crippen molar-refractivity contribution < 1.29 is 32.9 Å². The second-order valence-electron chi connectivity index (χ2n) is 3.20. The van der Waals surface area contributed by atoms with E-state index >= 15 is 0 Å². The van der Waals surface area contributed by atoms with E-state index in [1.54, 1.807) is 0 Å². The number of alkyl halides is 3. The molecule has 0 amide bonds. The normalized spacial score (nSPS) is 13.2. The number of rotatable bonds is 3. The number of aliphatic hydroxyl groups is 1. The first kappa shape index (κ1) is 14.6. The van der Waals surface area contributed by atoms with Crippen LogP contribution in [0.1, 0.15) is 11.7 Å². The second kappa shape index (κ2) is 5.02. The minimum absolute atomic E-state index is 0.0640. The van der Waals surface area contributed by atoms with Crippen LogP contribution in [0.15, 0.2) is 16.6 Å². The molecule has 0 aromatic heterocycles. The molecule has 0 saturated carbocycles. The number of nitrogens with two attached hydrogens (primary N) is 1. The molecular weight excluding hydrogens is 323 g/mol. The topological polar surface area (TPSA) is 92.8 Å². The summed E-state index contributed by atoms with van der Waals surface area (Å²) in [7, 11) is 0. The van der Waals surface area contributed by atoms with Crippen molar-refractivity contribution in [2.75, 3.05) is 5.73 Å². The quantitative estimate of drug-likeness (QED) is 0.738. The number of aliphatic hydroxyl groups excluding tert-OH is 1. The predicted octanol–water partition coefficient (Wildman–Crippen LogP) is 2.05. The summed E-state index contributed by atoms with van der Waals surface area (Å²) in [6, 6.07) is 1.73. The van der Waals surface area contributed by atoms with Crippen molar-refractivity contribution in [1.29, 1.82) is 0 Å². The van der Waals surface area contributed by atoms with Gasteiger partial charge in [0, 0.05) is 10.0 Å². The molecule has 0 aliphatic heterocycles.